The van der Waals surface area contributed by atoms with Gasteiger partial charge in [-0.1, -0.05) is 13.8 Å². The minimum Gasteiger partial charge on any atom is -0.350 e. The molecule has 3 N–H and O–H groups in total. The third-order valence-corrected chi connectivity index (χ3v) is 3.08. The number of hydrogen-bond acceptors (Lipinski definition) is 4. The van der Waals surface area contributed by atoms with E-state index in [-0.39, 0.29) is 5.91 Å². The van der Waals surface area contributed by atoms with Gasteiger partial charge in [-0.2, -0.15) is 0 Å². The Balaban J connectivity index is 2.35. The van der Waals surface area contributed by atoms with Crippen molar-refractivity contribution in [1.82, 2.24) is 10.3 Å². The molecule has 0 aromatic carbocycles. The van der Waals surface area contributed by atoms with Gasteiger partial charge in [-0.25, -0.2) is 4.98 Å². The number of nitrogens with zero attached hydrogens (tertiary/aromatic N) is 1. The van der Waals surface area contributed by atoms with Gasteiger partial charge in [0.1, 0.15) is 0 Å². The summed E-state index contributed by atoms with van der Waals surface area (Å²) in [5.74, 6) is 0.353. The van der Waals surface area contributed by atoms with E-state index < -0.39 is 6.04 Å². The number of amides is 1. The summed E-state index contributed by atoms with van der Waals surface area (Å²) in [6.45, 7) is 6.58. The van der Waals surface area contributed by atoms with Crippen LogP contribution in [0, 0.1) is 12.8 Å². The second kappa shape index (κ2) is 5.96. The average molecular weight is 241 g/mol. The molecular weight excluding hydrogens is 222 g/mol. The largest absolute Gasteiger partial charge is 0.350 e. The van der Waals surface area contributed by atoms with Crippen LogP contribution in [-0.2, 0) is 11.3 Å². The Labute approximate surface area is 100 Å². The first-order chi connectivity index (χ1) is 7.49. The van der Waals surface area contributed by atoms with Crippen LogP contribution in [0.2, 0.25) is 0 Å². The number of aryl methyl sites for hydroxylation is 1. The highest BCUT2D eigenvalue weighted by Crippen LogP contribution is 2.11. The summed E-state index contributed by atoms with van der Waals surface area (Å²) < 4.78 is 0. The normalized spacial score (nSPS) is 12.8. The summed E-state index contributed by atoms with van der Waals surface area (Å²) in [6, 6.07) is -0.408. The highest BCUT2D eigenvalue weighted by molar-refractivity contribution is 7.11. The van der Waals surface area contributed by atoms with Crippen LogP contribution in [0.25, 0.3) is 0 Å². The van der Waals surface area contributed by atoms with Gasteiger partial charge in [0, 0.05) is 11.1 Å². The Morgan fingerprint density at radius 3 is 2.81 bits per heavy atom. The van der Waals surface area contributed by atoms with E-state index in [2.05, 4.69) is 24.1 Å². The van der Waals surface area contributed by atoms with Crippen molar-refractivity contribution < 1.29 is 4.79 Å². The number of rotatable bonds is 5. The van der Waals surface area contributed by atoms with E-state index >= 15 is 0 Å². The summed E-state index contributed by atoms with van der Waals surface area (Å²) >= 11 is 1.59. The van der Waals surface area contributed by atoms with Gasteiger partial charge in [-0.3, -0.25) is 4.79 Å². The molecule has 4 nitrogen and oxygen atoms in total. The molecule has 1 amide bonds. The number of hydrogen-bond donors (Lipinski definition) is 2. The molecule has 1 atom stereocenters. The predicted molar refractivity (Wildman–Crippen MR) is 66.1 cm³/mol. The third-order valence-electron chi connectivity index (χ3n) is 2.17. The Morgan fingerprint density at radius 1 is 1.62 bits per heavy atom. The molecule has 1 heterocycles. The summed E-state index contributed by atoms with van der Waals surface area (Å²) in [6.07, 6.45) is 2.50. The highest BCUT2D eigenvalue weighted by Gasteiger charge is 2.14. The summed E-state index contributed by atoms with van der Waals surface area (Å²) in [5, 5.41) is 3.83. The maximum absolute atomic E-state index is 11.6. The quantitative estimate of drug-likeness (QED) is 0.819. The van der Waals surface area contributed by atoms with Crippen molar-refractivity contribution in [2.45, 2.75) is 39.8 Å². The molecule has 90 valence electrons. The molecule has 16 heavy (non-hydrogen) atoms. The van der Waals surface area contributed by atoms with Gasteiger partial charge in [-0.15, -0.1) is 11.3 Å². The standard InChI is InChI=1S/C11H19N3OS/c1-7(2)4-10(12)11(15)14-6-9-5-13-8(3)16-9/h5,7,10H,4,6,12H2,1-3H3,(H,14,15)/t10-/m0/s1. The van der Waals surface area contributed by atoms with Crippen LogP contribution in [0.5, 0.6) is 0 Å². The molecule has 5 heteroatoms. The fourth-order valence-corrected chi connectivity index (χ4v) is 2.14. The highest BCUT2D eigenvalue weighted by atomic mass is 32.1. The van der Waals surface area contributed by atoms with Crippen LogP contribution in [0.3, 0.4) is 0 Å². The van der Waals surface area contributed by atoms with Crippen molar-refractivity contribution in [1.29, 1.82) is 0 Å². The average Bonchev–Trinajstić information content (AvgIpc) is 2.59. The van der Waals surface area contributed by atoms with Crippen LogP contribution >= 0.6 is 11.3 Å². The molecule has 0 radical (unpaired) electrons. The second-order valence-electron chi connectivity index (χ2n) is 4.30. The van der Waals surface area contributed by atoms with E-state index in [0.29, 0.717) is 18.9 Å². The maximum Gasteiger partial charge on any atom is 0.237 e. The van der Waals surface area contributed by atoms with E-state index in [1.165, 1.54) is 0 Å². The smallest absolute Gasteiger partial charge is 0.237 e. The van der Waals surface area contributed by atoms with Gasteiger partial charge < -0.3 is 11.1 Å². The molecule has 1 aromatic heterocycles. The zero-order chi connectivity index (χ0) is 12.1. The lowest BCUT2D eigenvalue weighted by atomic mass is 10.0. The Hall–Kier alpha value is -0.940. The molecule has 0 aliphatic heterocycles. The molecule has 0 spiro atoms. The van der Waals surface area contributed by atoms with Crippen molar-refractivity contribution in [3.63, 3.8) is 0 Å². The number of aromatic nitrogens is 1. The van der Waals surface area contributed by atoms with Crippen molar-refractivity contribution in [2.24, 2.45) is 11.7 Å². The van der Waals surface area contributed by atoms with Gasteiger partial charge in [0.2, 0.25) is 5.91 Å². The zero-order valence-electron chi connectivity index (χ0n) is 9.99. The van der Waals surface area contributed by atoms with Crippen molar-refractivity contribution in [2.75, 3.05) is 0 Å². The molecule has 0 unspecified atom stereocenters. The number of carbonyl (C=O) groups is 1. The number of nitrogens with one attached hydrogen (secondary N) is 1. The first kappa shape index (κ1) is 13.1. The lowest BCUT2D eigenvalue weighted by molar-refractivity contribution is -0.122. The molecule has 0 aliphatic carbocycles. The summed E-state index contributed by atoms with van der Waals surface area (Å²) in [7, 11) is 0. The number of nitrogens with two attached hydrogens (primary N) is 1. The molecule has 1 aromatic rings. The van der Waals surface area contributed by atoms with Gasteiger partial charge in [0.25, 0.3) is 0 Å². The van der Waals surface area contributed by atoms with Crippen LogP contribution < -0.4 is 11.1 Å². The number of thiazole rings is 1. The van der Waals surface area contributed by atoms with Crippen LogP contribution in [0.4, 0.5) is 0 Å². The molecule has 0 aliphatic rings. The SMILES string of the molecule is Cc1ncc(CNC(=O)[C@@H](N)CC(C)C)s1. The predicted octanol–water partition coefficient (Wildman–Crippen LogP) is 1.44. The molecule has 0 fully saturated rings. The lowest BCUT2D eigenvalue weighted by Crippen LogP contribution is -2.40. The molecule has 0 saturated heterocycles. The van der Waals surface area contributed by atoms with Gasteiger partial charge in [-0.05, 0) is 19.3 Å². The van der Waals surface area contributed by atoms with E-state index in [1.807, 2.05) is 6.92 Å². The zero-order valence-corrected chi connectivity index (χ0v) is 10.8. The van der Waals surface area contributed by atoms with Crippen LogP contribution in [0.1, 0.15) is 30.2 Å². The van der Waals surface area contributed by atoms with Crippen molar-refractivity contribution >= 4 is 17.2 Å². The maximum atomic E-state index is 11.6. The topological polar surface area (TPSA) is 68.0 Å². The summed E-state index contributed by atoms with van der Waals surface area (Å²) in [4.78, 5) is 16.8. The van der Waals surface area contributed by atoms with Crippen LogP contribution in [0.15, 0.2) is 6.20 Å². The number of carbonyl (C=O) groups excluding carboxylic acids is 1. The fourth-order valence-electron chi connectivity index (χ4n) is 1.41. The Morgan fingerprint density at radius 2 is 2.31 bits per heavy atom. The van der Waals surface area contributed by atoms with Gasteiger partial charge >= 0.3 is 0 Å². The van der Waals surface area contributed by atoms with E-state index in [4.69, 9.17) is 5.73 Å². The first-order valence-electron chi connectivity index (χ1n) is 5.43. The molecule has 0 bridgehead atoms. The Bertz CT molecular complexity index is 349. The minimum absolute atomic E-state index is 0.0836. The van der Waals surface area contributed by atoms with E-state index in [0.717, 1.165) is 9.88 Å². The van der Waals surface area contributed by atoms with Gasteiger partial charge in [0.15, 0.2) is 0 Å². The van der Waals surface area contributed by atoms with Crippen LogP contribution in [-0.4, -0.2) is 16.9 Å². The fraction of sp³-hybridized carbons (Fsp3) is 0.636. The lowest BCUT2D eigenvalue weighted by Gasteiger charge is -2.13. The van der Waals surface area contributed by atoms with Crippen molar-refractivity contribution in [3.8, 4) is 0 Å². The molecular formula is C11H19N3OS. The van der Waals surface area contributed by atoms with E-state index in [9.17, 15) is 4.79 Å². The van der Waals surface area contributed by atoms with E-state index in [1.54, 1.807) is 17.5 Å². The van der Waals surface area contributed by atoms with Gasteiger partial charge in [0.05, 0.1) is 17.6 Å². The minimum atomic E-state index is -0.408. The third kappa shape index (κ3) is 4.28. The first-order valence-corrected chi connectivity index (χ1v) is 6.25. The second-order valence-corrected chi connectivity index (χ2v) is 5.62. The Kier molecular flexibility index (Phi) is 4.89. The monoisotopic (exact) mass is 241 g/mol. The molecule has 1 rings (SSSR count). The van der Waals surface area contributed by atoms with Crippen molar-refractivity contribution in [3.05, 3.63) is 16.1 Å². The summed E-state index contributed by atoms with van der Waals surface area (Å²) in [5.41, 5.74) is 5.76. The molecule has 0 saturated carbocycles.